The molecule has 0 radical (unpaired) electrons. The Morgan fingerprint density at radius 3 is 1.38 bits per heavy atom. The van der Waals surface area contributed by atoms with Crippen LogP contribution in [0, 0.1) is 13.8 Å². The Bertz CT molecular complexity index is 1320. The van der Waals surface area contributed by atoms with Crippen LogP contribution in [-0.2, 0) is 0 Å². The summed E-state index contributed by atoms with van der Waals surface area (Å²) in [6.45, 7) is 13.2. The van der Waals surface area contributed by atoms with Gasteiger partial charge in [0, 0.05) is 70.5 Å². The van der Waals surface area contributed by atoms with Crippen molar-refractivity contribution < 1.29 is 0 Å². The summed E-state index contributed by atoms with van der Waals surface area (Å²) in [5.74, 6) is 0. The summed E-state index contributed by atoms with van der Waals surface area (Å²) < 4.78 is 0. The van der Waals surface area contributed by atoms with Crippen molar-refractivity contribution in [3.05, 3.63) is 47.8 Å². The van der Waals surface area contributed by atoms with Crippen LogP contribution in [-0.4, -0.2) is 72.1 Å². The van der Waals surface area contributed by atoms with Gasteiger partial charge < -0.3 is 20.4 Å². The molecule has 0 aliphatic carbocycles. The molecular formula is C32H43ClN6. The molecule has 2 saturated heterocycles. The largest absolute Gasteiger partial charge is 0.383 e. The van der Waals surface area contributed by atoms with Gasteiger partial charge in [-0.05, 0) is 77.8 Å². The SMILES string of the molecule is Cc1cc(NCCN2CCCCC2)c2ccc3c(ccc4c(NCCN5CCCCC5)cc(C)nc43)c2n1.Cl. The summed E-state index contributed by atoms with van der Waals surface area (Å²) in [5, 5.41) is 12.2. The Labute approximate surface area is 239 Å². The molecule has 2 aromatic heterocycles. The monoisotopic (exact) mass is 546 g/mol. The summed E-state index contributed by atoms with van der Waals surface area (Å²) in [6.07, 6.45) is 8.09. The predicted molar refractivity (Wildman–Crippen MR) is 169 cm³/mol. The number of hydrogen-bond acceptors (Lipinski definition) is 6. The third kappa shape index (κ3) is 6.24. The average Bonchev–Trinajstić information content (AvgIpc) is 2.93. The number of fused-ring (bicyclic) bond motifs is 5. The van der Waals surface area contributed by atoms with E-state index < -0.39 is 0 Å². The average molecular weight is 547 g/mol. The van der Waals surface area contributed by atoms with E-state index in [1.165, 1.54) is 97.6 Å². The second-order valence-electron chi connectivity index (χ2n) is 11.3. The lowest BCUT2D eigenvalue weighted by Gasteiger charge is -2.26. The van der Waals surface area contributed by atoms with E-state index in [0.29, 0.717) is 0 Å². The van der Waals surface area contributed by atoms with E-state index in [4.69, 9.17) is 9.97 Å². The first-order valence-corrected chi connectivity index (χ1v) is 14.7. The van der Waals surface area contributed by atoms with E-state index in [0.717, 1.165) is 48.6 Å². The maximum absolute atomic E-state index is 5.02. The molecule has 0 unspecified atom stereocenters. The number of aromatic nitrogens is 2. The van der Waals surface area contributed by atoms with Crippen molar-refractivity contribution in [3.8, 4) is 0 Å². The van der Waals surface area contributed by atoms with Gasteiger partial charge in [0.2, 0.25) is 0 Å². The number of piperidine rings is 2. The standard InChI is InChI=1S/C32H42N6.ClH/c1-23-21-29(33-13-19-37-15-5-3-6-16-37)27-11-10-26-25(31(27)35-23)9-12-28-30(22-24(2)36-32(26)28)34-14-20-38-17-7-4-8-18-38;/h9-12,21-22H,3-8,13-20H2,1-2H3,(H,33,35)(H,34,36);1H. The van der Waals surface area contributed by atoms with Gasteiger partial charge in [-0.3, -0.25) is 9.97 Å². The van der Waals surface area contributed by atoms with Crippen LogP contribution in [0.3, 0.4) is 0 Å². The Balaban J connectivity index is 0.00000308. The molecule has 208 valence electrons. The van der Waals surface area contributed by atoms with Crippen molar-refractivity contribution in [2.45, 2.75) is 52.4 Å². The number of hydrogen-bond donors (Lipinski definition) is 2. The molecular weight excluding hydrogens is 504 g/mol. The van der Waals surface area contributed by atoms with Crippen LogP contribution in [0.2, 0.25) is 0 Å². The van der Waals surface area contributed by atoms with Crippen molar-refractivity contribution in [2.24, 2.45) is 0 Å². The van der Waals surface area contributed by atoms with Gasteiger partial charge >= 0.3 is 0 Å². The highest BCUT2D eigenvalue weighted by Gasteiger charge is 2.15. The van der Waals surface area contributed by atoms with Crippen LogP contribution in [0.25, 0.3) is 32.6 Å². The molecule has 0 atom stereocenters. The van der Waals surface area contributed by atoms with Gasteiger partial charge in [-0.2, -0.15) is 0 Å². The van der Waals surface area contributed by atoms with E-state index in [2.05, 4.69) is 70.7 Å². The molecule has 4 aromatic rings. The van der Waals surface area contributed by atoms with E-state index >= 15 is 0 Å². The highest BCUT2D eigenvalue weighted by Crippen LogP contribution is 2.35. The molecule has 0 saturated carbocycles. The van der Waals surface area contributed by atoms with E-state index in [1.54, 1.807) is 0 Å². The first-order chi connectivity index (χ1) is 18.7. The number of aryl methyl sites for hydroxylation is 2. The number of anilines is 2. The lowest BCUT2D eigenvalue weighted by Crippen LogP contribution is -2.33. The molecule has 2 N–H and O–H groups in total. The molecule has 0 bridgehead atoms. The van der Waals surface area contributed by atoms with Crippen LogP contribution in [0.4, 0.5) is 11.4 Å². The molecule has 0 spiro atoms. The van der Waals surface area contributed by atoms with Crippen LogP contribution in [0.1, 0.15) is 49.9 Å². The zero-order valence-corrected chi connectivity index (χ0v) is 24.4. The van der Waals surface area contributed by atoms with Gasteiger partial charge in [0.25, 0.3) is 0 Å². The van der Waals surface area contributed by atoms with Gasteiger partial charge in [0.15, 0.2) is 0 Å². The minimum absolute atomic E-state index is 0. The minimum Gasteiger partial charge on any atom is -0.383 e. The predicted octanol–water partition coefficient (Wildman–Crippen LogP) is 6.77. The summed E-state index contributed by atoms with van der Waals surface area (Å²) in [4.78, 5) is 15.2. The van der Waals surface area contributed by atoms with Crippen molar-refractivity contribution in [2.75, 3.05) is 63.0 Å². The normalized spacial score (nSPS) is 17.0. The number of pyridine rings is 2. The van der Waals surface area contributed by atoms with Gasteiger partial charge in [0.1, 0.15) is 0 Å². The van der Waals surface area contributed by atoms with Crippen molar-refractivity contribution in [1.29, 1.82) is 0 Å². The molecule has 2 aliphatic heterocycles. The molecule has 39 heavy (non-hydrogen) atoms. The molecule has 2 fully saturated rings. The molecule has 4 heterocycles. The number of likely N-dealkylation sites (tertiary alicyclic amines) is 2. The zero-order valence-electron chi connectivity index (χ0n) is 23.6. The first-order valence-electron chi connectivity index (χ1n) is 14.7. The topological polar surface area (TPSA) is 56.3 Å². The Hall–Kier alpha value is -2.67. The smallest absolute Gasteiger partial charge is 0.0805 e. The van der Waals surface area contributed by atoms with Crippen LogP contribution in [0.15, 0.2) is 36.4 Å². The van der Waals surface area contributed by atoms with Crippen molar-refractivity contribution in [1.82, 2.24) is 19.8 Å². The number of nitrogens with one attached hydrogen (secondary N) is 2. The number of rotatable bonds is 8. The fourth-order valence-electron chi connectivity index (χ4n) is 6.40. The Morgan fingerprint density at radius 2 is 0.974 bits per heavy atom. The molecule has 2 aliphatic rings. The number of nitrogens with zero attached hydrogens (tertiary/aromatic N) is 4. The maximum Gasteiger partial charge on any atom is 0.0805 e. The third-order valence-corrected chi connectivity index (χ3v) is 8.39. The van der Waals surface area contributed by atoms with Crippen molar-refractivity contribution >= 4 is 56.4 Å². The Morgan fingerprint density at radius 1 is 0.590 bits per heavy atom. The molecule has 0 amide bonds. The molecule has 6 rings (SSSR count). The first kappa shape index (κ1) is 27.9. The second kappa shape index (κ2) is 12.7. The molecule has 7 heteroatoms. The van der Waals surface area contributed by atoms with Crippen LogP contribution < -0.4 is 10.6 Å². The fraction of sp³-hybridized carbons (Fsp3) is 0.500. The lowest BCUT2D eigenvalue weighted by molar-refractivity contribution is 0.237. The quantitative estimate of drug-likeness (QED) is 0.238. The van der Waals surface area contributed by atoms with Gasteiger partial charge in [-0.1, -0.05) is 37.1 Å². The number of halogens is 1. The summed E-state index contributed by atoms with van der Waals surface area (Å²) in [5.41, 5.74) is 6.58. The van der Waals surface area contributed by atoms with Crippen LogP contribution >= 0.6 is 12.4 Å². The summed E-state index contributed by atoms with van der Waals surface area (Å²) >= 11 is 0. The lowest BCUT2D eigenvalue weighted by atomic mass is 10.0. The van der Waals surface area contributed by atoms with Gasteiger partial charge in [-0.25, -0.2) is 0 Å². The highest BCUT2D eigenvalue weighted by molar-refractivity contribution is 6.18. The van der Waals surface area contributed by atoms with E-state index in [9.17, 15) is 0 Å². The second-order valence-corrected chi connectivity index (χ2v) is 11.3. The third-order valence-electron chi connectivity index (χ3n) is 8.39. The summed E-state index contributed by atoms with van der Waals surface area (Å²) in [7, 11) is 0. The zero-order chi connectivity index (χ0) is 25.9. The summed E-state index contributed by atoms with van der Waals surface area (Å²) in [6, 6.07) is 13.4. The van der Waals surface area contributed by atoms with Gasteiger partial charge in [-0.15, -0.1) is 12.4 Å². The van der Waals surface area contributed by atoms with Crippen molar-refractivity contribution in [3.63, 3.8) is 0 Å². The fourth-order valence-corrected chi connectivity index (χ4v) is 6.40. The Kier molecular flexibility index (Phi) is 9.06. The molecule has 2 aromatic carbocycles. The molecule has 6 nitrogen and oxygen atoms in total. The van der Waals surface area contributed by atoms with Gasteiger partial charge in [0.05, 0.1) is 11.0 Å². The maximum atomic E-state index is 5.02. The van der Waals surface area contributed by atoms with E-state index in [-0.39, 0.29) is 12.4 Å². The van der Waals surface area contributed by atoms with E-state index in [1.807, 2.05) is 0 Å². The number of benzene rings is 2. The highest BCUT2D eigenvalue weighted by atomic mass is 35.5. The minimum atomic E-state index is 0. The van der Waals surface area contributed by atoms with Crippen LogP contribution in [0.5, 0.6) is 0 Å².